The number of hydrogen-bond acceptors (Lipinski definition) is 3. The van der Waals surface area contributed by atoms with Gasteiger partial charge in [-0.2, -0.15) is 0 Å². The van der Waals surface area contributed by atoms with Crippen LogP contribution in [0.3, 0.4) is 0 Å². The first-order valence-corrected chi connectivity index (χ1v) is 4.19. The second-order valence-corrected chi connectivity index (χ2v) is 2.66. The van der Waals surface area contributed by atoms with Crippen molar-refractivity contribution in [3.63, 3.8) is 0 Å². The highest BCUT2D eigenvalue weighted by atomic mass is 16.5. The summed E-state index contributed by atoms with van der Waals surface area (Å²) in [4.78, 5) is 10.6. The van der Waals surface area contributed by atoms with E-state index in [-0.39, 0.29) is 11.3 Å². The minimum atomic E-state index is -0.0383. The minimum absolute atomic E-state index is 0.0383. The summed E-state index contributed by atoms with van der Waals surface area (Å²) in [5.41, 5.74) is 0.218. The molecule has 0 saturated carbocycles. The molecule has 0 aliphatic carbocycles. The van der Waals surface area contributed by atoms with Crippen LogP contribution in [0.4, 0.5) is 0 Å². The molecule has 0 fully saturated rings. The van der Waals surface area contributed by atoms with E-state index in [1.807, 2.05) is 6.92 Å². The van der Waals surface area contributed by atoms with Gasteiger partial charge in [-0.3, -0.25) is 4.79 Å². The number of aromatic hydroxyl groups is 1. The van der Waals surface area contributed by atoms with E-state index in [0.717, 1.165) is 6.42 Å². The summed E-state index contributed by atoms with van der Waals surface area (Å²) in [5.74, 6) is 0.403. The number of rotatable bonds is 4. The van der Waals surface area contributed by atoms with Gasteiger partial charge in [0.2, 0.25) is 0 Å². The van der Waals surface area contributed by atoms with E-state index in [1.165, 1.54) is 6.07 Å². The Morgan fingerprint density at radius 3 is 2.92 bits per heavy atom. The summed E-state index contributed by atoms with van der Waals surface area (Å²) in [5, 5.41) is 9.28. The van der Waals surface area contributed by atoms with E-state index in [2.05, 4.69) is 0 Å². The van der Waals surface area contributed by atoms with Crippen LogP contribution in [0.2, 0.25) is 0 Å². The maximum absolute atomic E-state index is 10.6. The van der Waals surface area contributed by atoms with Crippen LogP contribution in [0.5, 0.6) is 11.5 Å². The van der Waals surface area contributed by atoms with Gasteiger partial charge in [-0.25, -0.2) is 0 Å². The number of carbonyl (C=O) groups is 1. The second-order valence-electron chi connectivity index (χ2n) is 2.66. The molecule has 1 aromatic rings. The van der Waals surface area contributed by atoms with Gasteiger partial charge in [0.1, 0.15) is 11.5 Å². The molecule has 3 nitrogen and oxygen atoms in total. The summed E-state index contributed by atoms with van der Waals surface area (Å²) in [6.45, 7) is 2.52. The third-order valence-electron chi connectivity index (χ3n) is 1.62. The van der Waals surface area contributed by atoms with Gasteiger partial charge in [0.05, 0.1) is 12.2 Å². The first-order chi connectivity index (χ1) is 6.29. The third kappa shape index (κ3) is 2.21. The Kier molecular flexibility index (Phi) is 3.31. The van der Waals surface area contributed by atoms with Crippen molar-refractivity contribution in [2.45, 2.75) is 13.3 Å². The molecule has 0 aliphatic rings. The molecule has 0 unspecified atom stereocenters. The number of ether oxygens (including phenoxy) is 1. The monoisotopic (exact) mass is 180 g/mol. The predicted molar refractivity (Wildman–Crippen MR) is 49.3 cm³/mol. The van der Waals surface area contributed by atoms with Crippen molar-refractivity contribution >= 4 is 6.29 Å². The number of benzene rings is 1. The van der Waals surface area contributed by atoms with Crippen LogP contribution >= 0.6 is 0 Å². The van der Waals surface area contributed by atoms with Gasteiger partial charge < -0.3 is 9.84 Å². The highest BCUT2D eigenvalue weighted by Crippen LogP contribution is 2.25. The molecule has 0 amide bonds. The number of carbonyl (C=O) groups excluding carboxylic acids is 1. The molecule has 0 radical (unpaired) electrons. The van der Waals surface area contributed by atoms with E-state index in [4.69, 9.17) is 4.74 Å². The van der Waals surface area contributed by atoms with Crippen LogP contribution in [0.25, 0.3) is 0 Å². The molecule has 0 saturated heterocycles. The van der Waals surface area contributed by atoms with Gasteiger partial charge in [-0.05, 0) is 18.6 Å². The third-order valence-corrected chi connectivity index (χ3v) is 1.62. The molecule has 3 heteroatoms. The highest BCUT2D eigenvalue weighted by Gasteiger charge is 2.06. The van der Waals surface area contributed by atoms with Crippen LogP contribution in [-0.2, 0) is 0 Å². The van der Waals surface area contributed by atoms with Crippen LogP contribution in [0, 0.1) is 0 Å². The first-order valence-electron chi connectivity index (χ1n) is 4.19. The van der Waals surface area contributed by atoms with E-state index < -0.39 is 0 Å². The van der Waals surface area contributed by atoms with E-state index in [0.29, 0.717) is 18.6 Å². The molecule has 0 heterocycles. The largest absolute Gasteiger partial charge is 0.507 e. The number of phenols is 1. The molecule has 1 N–H and O–H groups in total. The Labute approximate surface area is 77.0 Å². The van der Waals surface area contributed by atoms with Gasteiger partial charge >= 0.3 is 0 Å². The number of phenolic OH excluding ortho intramolecular Hbond substituents is 1. The molecule has 70 valence electrons. The lowest BCUT2D eigenvalue weighted by atomic mass is 10.2. The van der Waals surface area contributed by atoms with E-state index in [9.17, 15) is 9.90 Å². The fourth-order valence-corrected chi connectivity index (χ4v) is 0.989. The van der Waals surface area contributed by atoms with Gasteiger partial charge in [0, 0.05) is 0 Å². The molecule has 1 aromatic carbocycles. The molecular formula is C10H12O3. The molecule has 13 heavy (non-hydrogen) atoms. The summed E-state index contributed by atoms with van der Waals surface area (Å²) in [6, 6.07) is 4.77. The molecule has 0 bridgehead atoms. The van der Waals surface area contributed by atoms with E-state index >= 15 is 0 Å². The lowest BCUT2D eigenvalue weighted by molar-refractivity contribution is 0.111. The Balaban J connectivity index is 2.91. The number of hydrogen-bond donors (Lipinski definition) is 1. The number of aldehydes is 1. The Bertz CT molecular complexity index is 294. The van der Waals surface area contributed by atoms with Gasteiger partial charge in [-0.15, -0.1) is 0 Å². The van der Waals surface area contributed by atoms with Crippen LogP contribution in [-0.4, -0.2) is 18.0 Å². The predicted octanol–water partition coefficient (Wildman–Crippen LogP) is 1.99. The van der Waals surface area contributed by atoms with Crippen LogP contribution in [0.1, 0.15) is 23.7 Å². The highest BCUT2D eigenvalue weighted by molar-refractivity contribution is 5.83. The summed E-state index contributed by atoms with van der Waals surface area (Å²) >= 11 is 0. The SMILES string of the molecule is CCCOc1cccc(O)c1C=O. The normalized spacial score (nSPS) is 9.62. The second kappa shape index (κ2) is 4.50. The van der Waals surface area contributed by atoms with E-state index in [1.54, 1.807) is 12.1 Å². The van der Waals surface area contributed by atoms with Crippen molar-refractivity contribution in [3.05, 3.63) is 23.8 Å². The summed E-state index contributed by atoms with van der Waals surface area (Å²) in [7, 11) is 0. The first kappa shape index (κ1) is 9.58. The standard InChI is InChI=1S/C10H12O3/c1-2-6-13-10-5-3-4-9(12)8(10)7-11/h3-5,7,12H,2,6H2,1H3. The topological polar surface area (TPSA) is 46.5 Å². The fraction of sp³-hybridized carbons (Fsp3) is 0.300. The summed E-state index contributed by atoms with van der Waals surface area (Å²) < 4.78 is 5.27. The molecular weight excluding hydrogens is 168 g/mol. The minimum Gasteiger partial charge on any atom is -0.507 e. The van der Waals surface area contributed by atoms with Crippen LogP contribution < -0.4 is 4.74 Å². The van der Waals surface area contributed by atoms with Gasteiger partial charge in [0.25, 0.3) is 0 Å². The molecule has 0 spiro atoms. The maximum atomic E-state index is 10.6. The summed E-state index contributed by atoms with van der Waals surface area (Å²) in [6.07, 6.45) is 1.47. The molecule has 0 aliphatic heterocycles. The lowest BCUT2D eigenvalue weighted by Crippen LogP contribution is -1.98. The van der Waals surface area contributed by atoms with Crippen molar-refractivity contribution in [1.29, 1.82) is 0 Å². The Hall–Kier alpha value is -1.51. The van der Waals surface area contributed by atoms with Crippen LogP contribution in [0.15, 0.2) is 18.2 Å². The van der Waals surface area contributed by atoms with Crippen molar-refractivity contribution in [1.82, 2.24) is 0 Å². The zero-order chi connectivity index (χ0) is 9.68. The Morgan fingerprint density at radius 2 is 2.31 bits per heavy atom. The molecule has 1 rings (SSSR count). The average molecular weight is 180 g/mol. The van der Waals surface area contributed by atoms with Gasteiger partial charge in [0.15, 0.2) is 6.29 Å². The zero-order valence-corrected chi connectivity index (χ0v) is 7.49. The van der Waals surface area contributed by atoms with Crippen molar-refractivity contribution in [2.75, 3.05) is 6.61 Å². The lowest BCUT2D eigenvalue weighted by Gasteiger charge is -2.07. The maximum Gasteiger partial charge on any atom is 0.157 e. The Morgan fingerprint density at radius 1 is 1.54 bits per heavy atom. The molecule has 0 aromatic heterocycles. The molecule has 0 atom stereocenters. The fourth-order valence-electron chi connectivity index (χ4n) is 0.989. The average Bonchev–Trinajstić information content (AvgIpc) is 2.15. The van der Waals surface area contributed by atoms with Crippen molar-refractivity contribution in [3.8, 4) is 11.5 Å². The smallest absolute Gasteiger partial charge is 0.157 e. The van der Waals surface area contributed by atoms with Crippen molar-refractivity contribution < 1.29 is 14.6 Å². The zero-order valence-electron chi connectivity index (χ0n) is 7.49. The quantitative estimate of drug-likeness (QED) is 0.721. The van der Waals surface area contributed by atoms with Crippen molar-refractivity contribution in [2.24, 2.45) is 0 Å². The van der Waals surface area contributed by atoms with Gasteiger partial charge in [-0.1, -0.05) is 13.0 Å².